The minimum atomic E-state index is -1.07. The molecule has 5 heteroatoms. The number of hydrogen-bond acceptors (Lipinski definition) is 5. The van der Waals surface area contributed by atoms with Crippen LogP contribution in [0.1, 0.15) is 10.4 Å². The Balaban J connectivity index is 1.80. The van der Waals surface area contributed by atoms with Gasteiger partial charge in [-0.3, -0.25) is 4.90 Å². The van der Waals surface area contributed by atoms with Gasteiger partial charge in [0.25, 0.3) is 0 Å². The van der Waals surface area contributed by atoms with Crippen LogP contribution in [0.5, 0.6) is 0 Å². The van der Waals surface area contributed by atoms with E-state index in [9.17, 15) is 9.90 Å². The zero-order chi connectivity index (χ0) is 12.8. The third kappa shape index (κ3) is 3.80. The van der Waals surface area contributed by atoms with E-state index in [1.54, 1.807) is 24.3 Å². The van der Waals surface area contributed by atoms with Gasteiger partial charge in [0.2, 0.25) is 6.29 Å². The molecule has 1 atom stereocenters. The molecular weight excluding hydrogens is 232 g/mol. The highest BCUT2D eigenvalue weighted by Crippen LogP contribution is 2.04. The molecule has 2 N–H and O–H groups in total. The van der Waals surface area contributed by atoms with Gasteiger partial charge in [-0.05, 0) is 12.1 Å². The van der Waals surface area contributed by atoms with Crippen molar-refractivity contribution in [2.24, 2.45) is 0 Å². The van der Waals surface area contributed by atoms with Crippen molar-refractivity contribution in [2.75, 3.05) is 32.7 Å². The maximum atomic E-state index is 11.7. The summed E-state index contributed by atoms with van der Waals surface area (Å²) in [6.45, 7) is 3.89. The van der Waals surface area contributed by atoms with E-state index in [0.29, 0.717) is 12.1 Å². The van der Waals surface area contributed by atoms with Crippen LogP contribution in [0, 0.1) is 0 Å². The molecule has 18 heavy (non-hydrogen) atoms. The van der Waals surface area contributed by atoms with Crippen LogP contribution >= 0.6 is 0 Å². The van der Waals surface area contributed by atoms with Gasteiger partial charge >= 0.3 is 5.97 Å². The van der Waals surface area contributed by atoms with Crippen LogP contribution in [0.25, 0.3) is 0 Å². The second-order valence-corrected chi connectivity index (χ2v) is 4.28. The number of carbonyl (C=O) groups excluding carboxylic acids is 1. The Labute approximate surface area is 106 Å². The molecule has 1 aromatic rings. The number of piperazine rings is 1. The Bertz CT molecular complexity index is 377. The number of carbonyl (C=O) groups is 1. The Kier molecular flexibility index (Phi) is 4.69. The van der Waals surface area contributed by atoms with E-state index in [0.717, 1.165) is 26.2 Å². The molecule has 98 valence electrons. The smallest absolute Gasteiger partial charge is 0.340 e. The van der Waals surface area contributed by atoms with Gasteiger partial charge in [0.15, 0.2) is 0 Å². The van der Waals surface area contributed by atoms with Gasteiger partial charge in [-0.15, -0.1) is 0 Å². The molecule has 1 fully saturated rings. The van der Waals surface area contributed by atoms with Crippen LogP contribution in [-0.2, 0) is 4.74 Å². The molecule has 0 bridgehead atoms. The van der Waals surface area contributed by atoms with Gasteiger partial charge in [0.1, 0.15) is 0 Å². The average Bonchev–Trinajstić information content (AvgIpc) is 2.40. The van der Waals surface area contributed by atoms with Gasteiger partial charge in [-0.2, -0.15) is 0 Å². The molecule has 0 radical (unpaired) electrons. The minimum absolute atomic E-state index is 0.361. The van der Waals surface area contributed by atoms with Gasteiger partial charge in [-0.1, -0.05) is 18.2 Å². The second-order valence-electron chi connectivity index (χ2n) is 4.28. The number of nitrogens with zero attached hydrogens (tertiary/aromatic N) is 1. The normalized spacial score (nSPS) is 18.3. The van der Waals surface area contributed by atoms with E-state index in [4.69, 9.17) is 4.74 Å². The first-order chi connectivity index (χ1) is 8.75. The van der Waals surface area contributed by atoms with Crippen molar-refractivity contribution in [3.8, 4) is 0 Å². The number of ether oxygens (including phenoxy) is 1. The molecule has 0 aliphatic carbocycles. The fourth-order valence-corrected chi connectivity index (χ4v) is 1.92. The Hall–Kier alpha value is -1.43. The minimum Gasteiger partial charge on any atom is -0.431 e. The van der Waals surface area contributed by atoms with E-state index in [1.807, 2.05) is 6.07 Å². The molecule has 1 unspecified atom stereocenters. The van der Waals surface area contributed by atoms with Crippen LogP contribution in [-0.4, -0.2) is 55.0 Å². The fraction of sp³-hybridized carbons (Fsp3) is 0.462. The summed E-state index contributed by atoms with van der Waals surface area (Å²) in [5.41, 5.74) is 0.455. The first kappa shape index (κ1) is 13.0. The van der Waals surface area contributed by atoms with Crippen molar-refractivity contribution in [3.05, 3.63) is 35.9 Å². The summed E-state index contributed by atoms with van der Waals surface area (Å²) in [6.07, 6.45) is -1.07. The highest BCUT2D eigenvalue weighted by molar-refractivity contribution is 5.89. The Morgan fingerprint density at radius 1 is 1.33 bits per heavy atom. The number of aliphatic hydroxyl groups is 1. The quantitative estimate of drug-likeness (QED) is 0.585. The molecule has 1 saturated heterocycles. The lowest BCUT2D eigenvalue weighted by Crippen LogP contribution is -2.47. The first-order valence-corrected chi connectivity index (χ1v) is 6.13. The topological polar surface area (TPSA) is 61.8 Å². The third-order valence-electron chi connectivity index (χ3n) is 2.88. The summed E-state index contributed by atoms with van der Waals surface area (Å²) in [4.78, 5) is 13.8. The van der Waals surface area contributed by atoms with E-state index in [-0.39, 0.29) is 0 Å². The van der Waals surface area contributed by atoms with Crippen molar-refractivity contribution in [3.63, 3.8) is 0 Å². The predicted octanol–water partition coefficient (Wildman–Crippen LogP) is 0.0670. The van der Waals surface area contributed by atoms with E-state index in [1.165, 1.54) is 0 Å². The highest BCUT2D eigenvalue weighted by Gasteiger charge is 2.18. The summed E-state index contributed by atoms with van der Waals surface area (Å²) in [6, 6.07) is 8.69. The number of esters is 1. The standard InChI is InChI=1S/C13H18N2O3/c16-12(10-15-8-6-14-7-9-15)18-13(17)11-4-2-1-3-5-11/h1-5,12,14,16H,6-10H2. The molecule has 1 aromatic carbocycles. The van der Waals surface area contributed by atoms with Crippen LogP contribution in [0.15, 0.2) is 30.3 Å². The van der Waals surface area contributed by atoms with Gasteiger partial charge in [-0.25, -0.2) is 4.79 Å². The van der Waals surface area contributed by atoms with E-state index >= 15 is 0 Å². The van der Waals surface area contributed by atoms with Gasteiger partial charge < -0.3 is 15.2 Å². The largest absolute Gasteiger partial charge is 0.431 e. The molecular formula is C13H18N2O3. The summed E-state index contributed by atoms with van der Waals surface area (Å²) in [5.74, 6) is -0.488. The number of hydrogen-bond donors (Lipinski definition) is 2. The molecule has 2 rings (SSSR count). The molecule has 1 aliphatic rings. The predicted molar refractivity (Wildman–Crippen MR) is 67.2 cm³/mol. The fourth-order valence-electron chi connectivity index (χ4n) is 1.92. The maximum absolute atomic E-state index is 11.7. The molecule has 5 nitrogen and oxygen atoms in total. The molecule has 0 aromatic heterocycles. The van der Waals surface area contributed by atoms with Crippen molar-refractivity contribution < 1.29 is 14.6 Å². The number of benzene rings is 1. The van der Waals surface area contributed by atoms with Crippen molar-refractivity contribution in [2.45, 2.75) is 6.29 Å². The van der Waals surface area contributed by atoms with Crippen LogP contribution in [0.4, 0.5) is 0 Å². The van der Waals surface area contributed by atoms with Gasteiger partial charge in [0.05, 0.1) is 12.1 Å². The third-order valence-corrected chi connectivity index (χ3v) is 2.88. The Morgan fingerprint density at radius 2 is 2.00 bits per heavy atom. The van der Waals surface area contributed by atoms with E-state index in [2.05, 4.69) is 10.2 Å². The monoisotopic (exact) mass is 250 g/mol. The molecule has 1 heterocycles. The highest BCUT2D eigenvalue weighted by atomic mass is 16.6. The molecule has 1 aliphatic heterocycles. The maximum Gasteiger partial charge on any atom is 0.340 e. The SMILES string of the molecule is O=C(OC(O)CN1CCNCC1)c1ccccc1. The molecule has 0 saturated carbocycles. The first-order valence-electron chi connectivity index (χ1n) is 6.13. The lowest BCUT2D eigenvalue weighted by atomic mass is 10.2. The lowest BCUT2D eigenvalue weighted by Gasteiger charge is -2.28. The molecule has 0 spiro atoms. The zero-order valence-electron chi connectivity index (χ0n) is 10.2. The number of nitrogens with one attached hydrogen (secondary N) is 1. The average molecular weight is 250 g/mol. The van der Waals surface area contributed by atoms with Crippen molar-refractivity contribution >= 4 is 5.97 Å². The molecule has 0 amide bonds. The summed E-state index contributed by atoms with van der Waals surface area (Å²) < 4.78 is 4.99. The lowest BCUT2D eigenvalue weighted by molar-refractivity contribution is -0.0805. The second kappa shape index (κ2) is 6.49. The zero-order valence-corrected chi connectivity index (χ0v) is 10.2. The van der Waals surface area contributed by atoms with Crippen molar-refractivity contribution in [1.29, 1.82) is 0 Å². The Morgan fingerprint density at radius 3 is 2.67 bits per heavy atom. The van der Waals surface area contributed by atoms with Gasteiger partial charge in [0, 0.05) is 26.2 Å². The van der Waals surface area contributed by atoms with Crippen LogP contribution < -0.4 is 5.32 Å². The van der Waals surface area contributed by atoms with Crippen molar-refractivity contribution in [1.82, 2.24) is 10.2 Å². The van der Waals surface area contributed by atoms with E-state index < -0.39 is 12.3 Å². The number of rotatable bonds is 4. The van der Waals surface area contributed by atoms with Crippen LogP contribution in [0.2, 0.25) is 0 Å². The van der Waals surface area contributed by atoms with Crippen LogP contribution in [0.3, 0.4) is 0 Å². The summed E-state index contributed by atoms with van der Waals surface area (Å²) in [5, 5.41) is 13.0. The summed E-state index contributed by atoms with van der Waals surface area (Å²) >= 11 is 0. The number of β-amino-alcohol motifs (C(OH)–C–C–N with tert-alkyl or cyclic N) is 1. The summed E-state index contributed by atoms with van der Waals surface area (Å²) in [7, 11) is 0. The number of aliphatic hydroxyl groups excluding tert-OH is 1.